The minimum Gasteiger partial charge on any atom is -0.435 e. The number of nitrogens with one attached hydrogen (secondary N) is 1. The summed E-state index contributed by atoms with van der Waals surface area (Å²) in [4.78, 5) is 13.2. The summed E-state index contributed by atoms with van der Waals surface area (Å²) in [6.45, 7) is 1.32. The Morgan fingerprint density at radius 1 is 1.32 bits per heavy atom. The fourth-order valence-electron chi connectivity index (χ4n) is 1.48. The first kappa shape index (κ1) is 15.2. The van der Waals surface area contributed by atoms with Crippen LogP contribution in [0.1, 0.15) is 19.4 Å². The highest BCUT2D eigenvalue weighted by Gasteiger charge is 2.10. The first-order valence-electron chi connectivity index (χ1n) is 5.94. The Morgan fingerprint density at radius 2 is 1.89 bits per heavy atom. The van der Waals surface area contributed by atoms with Gasteiger partial charge >= 0.3 is 12.6 Å². The third-order valence-electron chi connectivity index (χ3n) is 2.33. The molecule has 6 heteroatoms. The number of halogens is 2. The van der Waals surface area contributed by atoms with E-state index in [4.69, 9.17) is 0 Å². The molecule has 0 aliphatic carbocycles. The quantitative estimate of drug-likeness (QED) is 0.895. The van der Waals surface area contributed by atoms with Crippen LogP contribution in [0.4, 0.5) is 13.6 Å². The Hall–Kier alpha value is -1.85. The van der Waals surface area contributed by atoms with Gasteiger partial charge < -0.3 is 15.0 Å². The van der Waals surface area contributed by atoms with E-state index in [1.807, 2.05) is 13.8 Å². The molecule has 0 aliphatic rings. The van der Waals surface area contributed by atoms with Crippen molar-refractivity contribution in [2.75, 3.05) is 7.05 Å². The van der Waals surface area contributed by atoms with Crippen molar-refractivity contribution in [3.8, 4) is 5.75 Å². The standard InChI is InChI=1S/C13H18F2N2O2/c1-9(2)16-13(18)17(3)8-10-4-6-11(7-5-10)19-12(14)15/h4-7,9,12H,8H2,1-3H3,(H,16,18). The van der Waals surface area contributed by atoms with Gasteiger partial charge in [0.25, 0.3) is 0 Å². The summed E-state index contributed by atoms with van der Waals surface area (Å²) in [7, 11) is 1.67. The SMILES string of the molecule is CC(C)NC(=O)N(C)Cc1ccc(OC(F)F)cc1. The van der Waals surface area contributed by atoms with E-state index in [1.54, 1.807) is 19.2 Å². The van der Waals surface area contributed by atoms with Gasteiger partial charge in [-0.25, -0.2) is 4.79 Å². The number of urea groups is 1. The Kier molecular flexibility index (Phi) is 5.54. The molecule has 0 saturated carbocycles. The highest BCUT2D eigenvalue weighted by molar-refractivity contribution is 5.74. The second-order valence-corrected chi connectivity index (χ2v) is 4.48. The van der Waals surface area contributed by atoms with Crippen molar-refractivity contribution < 1.29 is 18.3 Å². The Labute approximate surface area is 111 Å². The van der Waals surface area contributed by atoms with Crippen LogP contribution in [0.15, 0.2) is 24.3 Å². The first-order chi connectivity index (χ1) is 8.88. The second-order valence-electron chi connectivity index (χ2n) is 4.48. The number of hydrogen-bond donors (Lipinski definition) is 1. The number of nitrogens with zero attached hydrogens (tertiary/aromatic N) is 1. The van der Waals surface area contributed by atoms with E-state index in [1.165, 1.54) is 17.0 Å². The lowest BCUT2D eigenvalue weighted by molar-refractivity contribution is -0.0498. The van der Waals surface area contributed by atoms with E-state index in [9.17, 15) is 13.6 Å². The van der Waals surface area contributed by atoms with Gasteiger partial charge in [0.2, 0.25) is 0 Å². The van der Waals surface area contributed by atoms with E-state index in [-0.39, 0.29) is 17.8 Å². The zero-order chi connectivity index (χ0) is 14.4. The summed E-state index contributed by atoms with van der Waals surface area (Å²) in [6.07, 6.45) is 0. The summed E-state index contributed by atoms with van der Waals surface area (Å²) in [5, 5.41) is 2.76. The third kappa shape index (κ3) is 5.54. The van der Waals surface area contributed by atoms with Crippen LogP contribution < -0.4 is 10.1 Å². The smallest absolute Gasteiger partial charge is 0.387 e. The van der Waals surface area contributed by atoms with Gasteiger partial charge in [-0.3, -0.25) is 0 Å². The average molecular weight is 272 g/mol. The topological polar surface area (TPSA) is 41.6 Å². The summed E-state index contributed by atoms with van der Waals surface area (Å²) >= 11 is 0. The van der Waals surface area contributed by atoms with Gasteiger partial charge in [0.1, 0.15) is 5.75 Å². The van der Waals surface area contributed by atoms with Crippen LogP contribution in [-0.2, 0) is 6.54 Å². The first-order valence-corrected chi connectivity index (χ1v) is 5.94. The second kappa shape index (κ2) is 6.92. The monoisotopic (exact) mass is 272 g/mol. The number of rotatable bonds is 5. The van der Waals surface area contributed by atoms with Crippen LogP contribution >= 0.6 is 0 Å². The lowest BCUT2D eigenvalue weighted by Gasteiger charge is -2.19. The van der Waals surface area contributed by atoms with Crippen molar-refractivity contribution in [1.82, 2.24) is 10.2 Å². The minimum absolute atomic E-state index is 0.0665. The maximum atomic E-state index is 12.0. The molecule has 0 atom stereocenters. The van der Waals surface area contributed by atoms with Gasteiger partial charge in [-0.2, -0.15) is 8.78 Å². The fraction of sp³-hybridized carbons (Fsp3) is 0.462. The number of carbonyl (C=O) groups excluding carboxylic acids is 1. The van der Waals surface area contributed by atoms with Crippen LogP contribution in [0.2, 0.25) is 0 Å². The van der Waals surface area contributed by atoms with Crippen LogP contribution in [0.3, 0.4) is 0 Å². The molecule has 19 heavy (non-hydrogen) atoms. The number of hydrogen-bond acceptors (Lipinski definition) is 2. The van der Waals surface area contributed by atoms with Crippen molar-refractivity contribution in [3.05, 3.63) is 29.8 Å². The van der Waals surface area contributed by atoms with Gasteiger partial charge in [-0.05, 0) is 31.5 Å². The Bertz CT molecular complexity index is 408. The molecule has 1 N–H and O–H groups in total. The maximum Gasteiger partial charge on any atom is 0.387 e. The van der Waals surface area contributed by atoms with E-state index >= 15 is 0 Å². The van der Waals surface area contributed by atoms with Crippen LogP contribution in [-0.4, -0.2) is 30.6 Å². The predicted molar refractivity (Wildman–Crippen MR) is 68.2 cm³/mol. The predicted octanol–water partition coefficient (Wildman–Crippen LogP) is 2.84. The summed E-state index contributed by atoms with van der Waals surface area (Å²) < 4.78 is 28.2. The molecule has 4 nitrogen and oxygen atoms in total. The molecule has 0 heterocycles. The van der Waals surface area contributed by atoms with E-state index < -0.39 is 6.61 Å². The molecule has 1 aromatic rings. The molecule has 2 amide bonds. The average Bonchev–Trinajstić information content (AvgIpc) is 2.30. The van der Waals surface area contributed by atoms with Gasteiger partial charge in [0, 0.05) is 19.6 Å². The number of ether oxygens (including phenoxy) is 1. The summed E-state index contributed by atoms with van der Waals surface area (Å²) in [5.41, 5.74) is 0.836. The van der Waals surface area contributed by atoms with E-state index in [2.05, 4.69) is 10.1 Å². The summed E-state index contributed by atoms with van der Waals surface area (Å²) in [5.74, 6) is 0.105. The molecular weight excluding hydrogens is 254 g/mol. The molecule has 0 unspecified atom stereocenters. The lowest BCUT2D eigenvalue weighted by atomic mass is 10.2. The Balaban J connectivity index is 2.55. The van der Waals surface area contributed by atoms with Crippen molar-refractivity contribution >= 4 is 6.03 Å². The number of carbonyl (C=O) groups is 1. The van der Waals surface area contributed by atoms with Crippen molar-refractivity contribution in [1.29, 1.82) is 0 Å². The number of alkyl halides is 2. The van der Waals surface area contributed by atoms with Crippen LogP contribution in [0.5, 0.6) is 5.75 Å². The fourth-order valence-corrected chi connectivity index (χ4v) is 1.48. The van der Waals surface area contributed by atoms with Crippen molar-refractivity contribution in [2.24, 2.45) is 0 Å². The Morgan fingerprint density at radius 3 is 2.37 bits per heavy atom. The molecule has 0 aliphatic heterocycles. The number of amides is 2. The molecule has 1 rings (SSSR count). The van der Waals surface area contributed by atoms with Crippen LogP contribution in [0, 0.1) is 0 Å². The van der Waals surface area contributed by atoms with Crippen LogP contribution in [0.25, 0.3) is 0 Å². The zero-order valence-electron chi connectivity index (χ0n) is 11.2. The van der Waals surface area contributed by atoms with E-state index in [0.717, 1.165) is 5.56 Å². The largest absolute Gasteiger partial charge is 0.435 e. The van der Waals surface area contributed by atoms with Gasteiger partial charge in [0.05, 0.1) is 0 Å². The molecular formula is C13H18F2N2O2. The highest BCUT2D eigenvalue weighted by Crippen LogP contribution is 2.15. The van der Waals surface area contributed by atoms with Gasteiger partial charge in [-0.1, -0.05) is 12.1 Å². The molecule has 0 saturated heterocycles. The highest BCUT2D eigenvalue weighted by atomic mass is 19.3. The van der Waals surface area contributed by atoms with Gasteiger partial charge in [-0.15, -0.1) is 0 Å². The van der Waals surface area contributed by atoms with Crippen molar-refractivity contribution in [3.63, 3.8) is 0 Å². The molecule has 0 aromatic heterocycles. The minimum atomic E-state index is -2.83. The van der Waals surface area contributed by atoms with Crippen molar-refractivity contribution in [2.45, 2.75) is 33.0 Å². The third-order valence-corrected chi connectivity index (χ3v) is 2.33. The maximum absolute atomic E-state index is 12.0. The van der Waals surface area contributed by atoms with Gasteiger partial charge in [0.15, 0.2) is 0 Å². The number of benzene rings is 1. The molecule has 0 bridgehead atoms. The molecule has 1 aromatic carbocycles. The molecule has 0 radical (unpaired) electrons. The zero-order valence-corrected chi connectivity index (χ0v) is 11.2. The molecule has 0 spiro atoms. The summed E-state index contributed by atoms with van der Waals surface area (Å²) in [6, 6.07) is 6.10. The molecule has 106 valence electrons. The van der Waals surface area contributed by atoms with E-state index in [0.29, 0.717) is 6.54 Å². The molecule has 0 fully saturated rings. The normalized spacial score (nSPS) is 10.7. The lowest BCUT2D eigenvalue weighted by Crippen LogP contribution is -2.40.